The minimum absolute atomic E-state index is 0.0290. The molecule has 1 aliphatic carbocycles. The van der Waals surface area contributed by atoms with Crippen LogP contribution in [0.15, 0.2) is 48.5 Å². The highest BCUT2D eigenvalue weighted by Gasteiger charge is 2.39. The van der Waals surface area contributed by atoms with Gasteiger partial charge in [0.25, 0.3) is 5.91 Å². The second-order valence-electron chi connectivity index (χ2n) is 6.49. The molecule has 3 unspecified atom stereocenters. The molecule has 0 radical (unpaired) electrons. The maximum absolute atomic E-state index is 12.4. The Balaban J connectivity index is 1.40. The third-order valence-electron chi connectivity index (χ3n) is 4.83. The van der Waals surface area contributed by atoms with Crippen molar-refractivity contribution in [3.63, 3.8) is 0 Å². The van der Waals surface area contributed by atoms with Crippen molar-refractivity contribution in [3.05, 3.63) is 59.1 Å². The highest BCUT2D eigenvalue weighted by molar-refractivity contribution is 6.32. The SMILES string of the molecule is O=C(NC1CC2CNC1C2)c1ccc(Oc2ccccc2Cl)cc1. The van der Waals surface area contributed by atoms with Crippen LogP contribution in [0.3, 0.4) is 0 Å². The largest absolute Gasteiger partial charge is 0.456 e. The van der Waals surface area contributed by atoms with Gasteiger partial charge in [0.05, 0.1) is 5.02 Å². The number of ether oxygens (including phenoxy) is 1. The standard InChI is InChI=1S/C19H19ClN2O2/c20-15-3-1-2-4-18(15)24-14-7-5-13(6-8-14)19(23)22-17-10-12-9-16(17)21-11-12/h1-8,12,16-17,21H,9-11H2,(H,22,23). The fraction of sp³-hybridized carbons (Fsp3) is 0.316. The zero-order valence-corrected chi connectivity index (χ0v) is 13.9. The molecular formula is C19H19ClN2O2. The van der Waals surface area contributed by atoms with Gasteiger partial charge in [0.2, 0.25) is 0 Å². The number of carbonyl (C=O) groups excluding carboxylic acids is 1. The summed E-state index contributed by atoms with van der Waals surface area (Å²) in [6.07, 6.45) is 2.26. The Hall–Kier alpha value is -2.04. The first-order chi connectivity index (χ1) is 11.7. The minimum atomic E-state index is -0.0290. The Morgan fingerprint density at radius 3 is 2.58 bits per heavy atom. The summed E-state index contributed by atoms with van der Waals surface area (Å²) in [7, 11) is 0. The van der Waals surface area contributed by atoms with E-state index in [1.165, 1.54) is 6.42 Å². The number of nitrogens with one attached hydrogen (secondary N) is 2. The highest BCUT2D eigenvalue weighted by atomic mass is 35.5. The van der Waals surface area contributed by atoms with Crippen LogP contribution < -0.4 is 15.4 Å². The number of piperidine rings is 1. The summed E-state index contributed by atoms with van der Waals surface area (Å²) in [5, 5.41) is 7.16. The zero-order valence-electron chi connectivity index (χ0n) is 13.2. The van der Waals surface area contributed by atoms with Gasteiger partial charge in [-0.25, -0.2) is 0 Å². The molecule has 0 aromatic heterocycles. The molecule has 2 N–H and O–H groups in total. The number of carbonyl (C=O) groups is 1. The van der Waals surface area contributed by atoms with E-state index in [0.717, 1.165) is 13.0 Å². The second kappa shape index (κ2) is 6.46. The van der Waals surface area contributed by atoms with Crippen LogP contribution in [-0.4, -0.2) is 24.5 Å². The molecule has 2 fully saturated rings. The van der Waals surface area contributed by atoms with E-state index in [1.54, 1.807) is 30.3 Å². The van der Waals surface area contributed by atoms with Gasteiger partial charge in [-0.05, 0) is 61.7 Å². The van der Waals surface area contributed by atoms with Gasteiger partial charge in [0, 0.05) is 17.6 Å². The minimum Gasteiger partial charge on any atom is -0.456 e. The van der Waals surface area contributed by atoms with E-state index in [4.69, 9.17) is 16.3 Å². The van der Waals surface area contributed by atoms with Crippen molar-refractivity contribution in [2.75, 3.05) is 6.54 Å². The Bertz CT molecular complexity index is 747. The van der Waals surface area contributed by atoms with E-state index in [1.807, 2.05) is 18.2 Å². The smallest absolute Gasteiger partial charge is 0.251 e. The van der Waals surface area contributed by atoms with E-state index in [2.05, 4.69) is 10.6 Å². The number of hydrogen-bond donors (Lipinski definition) is 2. The van der Waals surface area contributed by atoms with Crippen LogP contribution in [-0.2, 0) is 0 Å². The van der Waals surface area contributed by atoms with Gasteiger partial charge in [-0.15, -0.1) is 0 Å². The molecule has 4 nitrogen and oxygen atoms in total. The average molecular weight is 343 g/mol. The van der Waals surface area contributed by atoms with Gasteiger partial charge in [0.1, 0.15) is 11.5 Å². The quantitative estimate of drug-likeness (QED) is 0.892. The molecule has 1 aliphatic heterocycles. The maximum atomic E-state index is 12.4. The van der Waals surface area contributed by atoms with Gasteiger partial charge >= 0.3 is 0 Å². The van der Waals surface area contributed by atoms with Crippen LogP contribution in [0.5, 0.6) is 11.5 Å². The van der Waals surface area contributed by atoms with E-state index >= 15 is 0 Å². The van der Waals surface area contributed by atoms with E-state index in [-0.39, 0.29) is 11.9 Å². The molecule has 2 aliphatic rings. The lowest BCUT2D eigenvalue weighted by molar-refractivity contribution is 0.0928. The molecule has 2 aromatic carbocycles. The maximum Gasteiger partial charge on any atom is 0.251 e. The van der Waals surface area contributed by atoms with Crippen molar-refractivity contribution in [2.45, 2.75) is 24.9 Å². The lowest BCUT2D eigenvalue weighted by atomic mass is 10.1. The van der Waals surface area contributed by atoms with Gasteiger partial charge in [-0.2, -0.15) is 0 Å². The number of rotatable bonds is 4. The van der Waals surface area contributed by atoms with Crippen molar-refractivity contribution in [3.8, 4) is 11.5 Å². The lowest BCUT2D eigenvalue weighted by Crippen LogP contribution is -2.47. The molecule has 4 rings (SSSR count). The fourth-order valence-electron chi connectivity index (χ4n) is 3.59. The summed E-state index contributed by atoms with van der Waals surface area (Å²) >= 11 is 6.09. The molecule has 1 saturated heterocycles. The van der Waals surface area contributed by atoms with Crippen LogP contribution in [0.2, 0.25) is 5.02 Å². The van der Waals surface area contributed by atoms with E-state index in [0.29, 0.717) is 34.0 Å². The van der Waals surface area contributed by atoms with E-state index < -0.39 is 0 Å². The average Bonchev–Trinajstić information content (AvgIpc) is 3.20. The third-order valence-corrected chi connectivity index (χ3v) is 5.14. The molecule has 1 saturated carbocycles. The first-order valence-electron chi connectivity index (χ1n) is 8.26. The van der Waals surface area contributed by atoms with Gasteiger partial charge in [-0.1, -0.05) is 23.7 Å². The van der Waals surface area contributed by atoms with Crippen molar-refractivity contribution in [1.29, 1.82) is 0 Å². The fourth-order valence-corrected chi connectivity index (χ4v) is 3.77. The first kappa shape index (κ1) is 15.5. The highest BCUT2D eigenvalue weighted by Crippen LogP contribution is 2.31. The van der Waals surface area contributed by atoms with Gasteiger partial charge < -0.3 is 15.4 Å². The summed E-state index contributed by atoms with van der Waals surface area (Å²) in [4.78, 5) is 12.4. The van der Waals surface area contributed by atoms with Crippen LogP contribution in [0.25, 0.3) is 0 Å². The number of halogens is 1. The number of amides is 1. The molecule has 5 heteroatoms. The van der Waals surface area contributed by atoms with Crippen molar-refractivity contribution >= 4 is 17.5 Å². The molecule has 1 amide bonds. The molecular weight excluding hydrogens is 324 g/mol. The molecule has 124 valence electrons. The van der Waals surface area contributed by atoms with E-state index in [9.17, 15) is 4.79 Å². The van der Waals surface area contributed by atoms with Crippen molar-refractivity contribution in [1.82, 2.24) is 10.6 Å². The Labute approximate surface area is 146 Å². The molecule has 2 aromatic rings. The Kier molecular flexibility index (Phi) is 4.17. The molecule has 3 atom stereocenters. The summed E-state index contributed by atoms with van der Waals surface area (Å²) in [5.41, 5.74) is 0.643. The van der Waals surface area contributed by atoms with Crippen LogP contribution in [0, 0.1) is 5.92 Å². The first-order valence-corrected chi connectivity index (χ1v) is 8.63. The van der Waals surface area contributed by atoms with Crippen LogP contribution >= 0.6 is 11.6 Å². The van der Waals surface area contributed by atoms with Crippen molar-refractivity contribution in [2.24, 2.45) is 5.92 Å². The number of hydrogen-bond acceptors (Lipinski definition) is 3. The lowest BCUT2D eigenvalue weighted by Gasteiger charge is -2.24. The monoisotopic (exact) mass is 342 g/mol. The topological polar surface area (TPSA) is 50.4 Å². The Morgan fingerprint density at radius 2 is 1.92 bits per heavy atom. The predicted molar refractivity (Wildman–Crippen MR) is 93.7 cm³/mol. The Morgan fingerprint density at radius 1 is 1.12 bits per heavy atom. The number of fused-ring (bicyclic) bond motifs is 2. The molecule has 1 heterocycles. The molecule has 24 heavy (non-hydrogen) atoms. The summed E-state index contributed by atoms with van der Waals surface area (Å²) in [5.74, 6) is 1.94. The second-order valence-corrected chi connectivity index (χ2v) is 6.90. The summed E-state index contributed by atoms with van der Waals surface area (Å²) in [6.45, 7) is 1.09. The van der Waals surface area contributed by atoms with Crippen LogP contribution in [0.1, 0.15) is 23.2 Å². The zero-order chi connectivity index (χ0) is 16.5. The third kappa shape index (κ3) is 3.12. The number of benzene rings is 2. The normalized spacial score (nSPS) is 24.8. The predicted octanol–water partition coefficient (Wildman–Crippen LogP) is 3.61. The number of para-hydroxylation sites is 1. The summed E-state index contributed by atoms with van der Waals surface area (Å²) in [6, 6.07) is 15.1. The molecule has 2 bridgehead atoms. The van der Waals surface area contributed by atoms with Crippen LogP contribution in [0.4, 0.5) is 0 Å². The van der Waals surface area contributed by atoms with Gasteiger partial charge in [0.15, 0.2) is 0 Å². The summed E-state index contributed by atoms with van der Waals surface area (Å²) < 4.78 is 5.74. The molecule has 0 spiro atoms. The van der Waals surface area contributed by atoms with Gasteiger partial charge in [-0.3, -0.25) is 4.79 Å². The van der Waals surface area contributed by atoms with Crippen molar-refractivity contribution < 1.29 is 9.53 Å².